The minimum atomic E-state index is 0.0837. The van der Waals surface area contributed by atoms with Crippen LogP contribution in [0.15, 0.2) is 30.3 Å². The number of aryl methyl sites for hydroxylation is 1. The van der Waals surface area contributed by atoms with Gasteiger partial charge in [0.05, 0.1) is 12.3 Å². The fraction of sp³-hybridized carbons (Fsp3) is 0.350. The molecule has 126 valence electrons. The first-order chi connectivity index (χ1) is 11.6. The number of carbonyl (C=O) groups is 1. The summed E-state index contributed by atoms with van der Waals surface area (Å²) in [7, 11) is 1.71. The van der Waals surface area contributed by atoms with Crippen LogP contribution in [0.5, 0.6) is 0 Å². The molecule has 24 heavy (non-hydrogen) atoms. The third-order valence-electron chi connectivity index (χ3n) is 4.71. The van der Waals surface area contributed by atoms with Crippen molar-refractivity contribution in [1.82, 2.24) is 4.57 Å². The first-order valence-corrected chi connectivity index (χ1v) is 8.37. The number of carbonyl (C=O) groups excluding carboxylic acids is 1. The monoisotopic (exact) mass is 324 g/mol. The van der Waals surface area contributed by atoms with Crippen LogP contribution in [0.4, 0.5) is 5.69 Å². The lowest BCUT2D eigenvalue weighted by atomic mass is 10.0. The van der Waals surface area contributed by atoms with E-state index in [1.807, 2.05) is 42.2 Å². The summed E-state index contributed by atoms with van der Waals surface area (Å²) in [5, 5.41) is 0. The minimum Gasteiger partial charge on any atom is -0.383 e. The Morgan fingerprint density at radius 3 is 2.67 bits per heavy atom. The van der Waals surface area contributed by atoms with Gasteiger partial charge in [0.25, 0.3) is 5.91 Å². The molecule has 1 aliphatic heterocycles. The van der Waals surface area contributed by atoms with Crippen LogP contribution in [0.25, 0.3) is 11.6 Å². The lowest BCUT2D eigenvalue weighted by Crippen LogP contribution is -2.25. The van der Waals surface area contributed by atoms with Gasteiger partial charge in [-0.05, 0) is 44.5 Å². The molecule has 1 aliphatic rings. The number of fused-ring (bicyclic) bond motifs is 1. The number of nitrogens with zero attached hydrogens (tertiary/aromatic N) is 2. The number of benzene rings is 1. The number of amides is 1. The largest absolute Gasteiger partial charge is 0.383 e. The summed E-state index contributed by atoms with van der Waals surface area (Å²) < 4.78 is 7.43. The zero-order chi connectivity index (χ0) is 17.3. The van der Waals surface area contributed by atoms with Gasteiger partial charge in [0.15, 0.2) is 0 Å². The van der Waals surface area contributed by atoms with Crippen molar-refractivity contribution >= 4 is 23.2 Å². The molecule has 1 amide bonds. The molecular weight excluding hydrogens is 300 g/mol. The molecule has 0 N–H and O–H groups in total. The maximum atomic E-state index is 12.8. The summed E-state index contributed by atoms with van der Waals surface area (Å²) in [6.45, 7) is 8.38. The molecule has 2 aromatic rings. The number of likely N-dealkylation sites (N-methyl/N-ethyl adjacent to an activating group) is 1. The molecule has 0 aliphatic carbocycles. The Kier molecular flexibility index (Phi) is 4.58. The molecule has 4 nitrogen and oxygen atoms in total. The van der Waals surface area contributed by atoms with Crippen molar-refractivity contribution in [3.05, 3.63) is 52.8 Å². The Morgan fingerprint density at radius 1 is 1.21 bits per heavy atom. The second-order valence-corrected chi connectivity index (χ2v) is 6.10. The van der Waals surface area contributed by atoms with Crippen LogP contribution in [-0.2, 0) is 16.1 Å². The average molecular weight is 324 g/mol. The Morgan fingerprint density at radius 2 is 1.96 bits per heavy atom. The molecule has 2 heterocycles. The third-order valence-corrected chi connectivity index (χ3v) is 4.71. The van der Waals surface area contributed by atoms with Gasteiger partial charge < -0.3 is 14.2 Å². The van der Waals surface area contributed by atoms with E-state index in [0.29, 0.717) is 13.2 Å². The van der Waals surface area contributed by atoms with Crippen molar-refractivity contribution in [2.45, 2.75) is 27.3 Å². The first kappa shape index (κ1) is 16.5. The molecule has 0 saturated carbocycles. The van der Waals surface area contributed by atoms with Crippen molar-refractivity contribution in [3.8, 4) is 0 Å². The van der Waals surface area contributed by atoms with E-state index in [1.54, 1.807) is 7.11 Å². The number of ether oxygens (including phenoxy) is 1. The fourth-order valence-corrected chi connectivity index (χ4v) is 3.42. The molecule has 0 fully saturated rings. The van der Waals surface area contributed by atoms with Gasteiger partial charge in [0.2, 0.25) is 0 Å². The Labute approximate surface area is 143 Å². The SMILES string of the molecule is CCN1C(=O)/C(=C/c2cc(C)n(CCOC)c2C)c2ccccc21. The lowest BCUT2D eigenvalue weighted by Gasteiger charge is -2.13. The van der Waals surface area contributed by atoms with Gasteiger partial charge in [0, 0.05) is 42.7 Å². The van der Waals surface area contributed by atoms with E-state index in [9.17, 15) is 4.79 Å². The van der Waals surface area contributed by atoms with Gasteiger partial charge in [-0.2, -0.15) is 0 Å². The Bertz CT molecular complexity index is 802. The highest BCUT2D eigenvalue weighted by molar-refractivity contribution is 6.35. The second-order valence-electron chi connectivity index (χ2n) is 6.10. The molecule has 1 aromatic carbocycles. The molecular formula is C20H24N2O2. The summed E-state index contributed by atoms with van der Waals surface area (Å²) in [6, 6.07) is 10.1. The maximum Gasteiger partial charge on any atom is 0.258 e. The van der Waals surface area contributed by atoms with Crippen LogP contribution in [0.3, 0.4) is 0 Å². The van der Waals surface area contributed by atoms with Crippen LogP contribution in [0.1, 0.15) is 29.4 Å². The Hall–Kier alpha value is -2.33. The van der Waals surface area contributed by atoms with Crippen molar-refractivity contribution < 1.29 is 9.53 Å². The summed E-state index contributed by atoms with van der Waals surface area (Å²) in [4.78, 5) is 14.6. The number of hydrogen-bond donors (Lipinski definition) is 0. The smallest absolute Gasteiger partial charge is 0.258 e. The predicted molar refractivity (Wildman–Crippen MR) is 98.1 cm³/mol. The van der Waals surface area contributed by atoms with E-state index in [2.05, 4.69) is 24.5 Å². The summed E-state index contributed by atoms with van der Waals surface area (Å²) >= 11 is 0. The molecule has 0 spiro atoms. The second kappa shape index (κ2) is 6.65. The zero-order valence-electron chi connectivity index (χ0n) is 14.8. The number of aromatic nitrogens is 1. The maximum absolute atomic E-state index is 12.8. The normalized spacial score (nSPS) is 15.4. The number of para-hydroxylation sites is 1. The van der Waals surface area contributed by atoms with Gasteiger partial charge in [-0.15, -0.1) is 0 Å². The van der Waals surface area contributed by atoms with Gasteiger partial charge in [0.1, 0.15) is 0 Å². The van der Waals surface area contributed by atoms with Crippen molar-refractivity contribution in [3.63, 3.8) is 0 Å². The molecule has 0 bridgehead atoms. The van der Waals surface area contributed by atoms with Crippen molar-refractivity contribution in [2.24, 2.45) is 0 Å². The first-order valence-electron chi connectivity index (χ1n) is 8.37. The number of anilines is 1. The molecule has 0 unspecified atom stereocenters. The van der Waals surface area contributed by atoms with Crippen LogP contribution in [0.2, 0.25) is 0 Å². The Balaban J connectivity index is 2.05. The topological polar surface area (TPSA) is 34.5 Å². The van der Waals surface area contributed by atoms with Gasteiger partial charge >= 0.3 is 0 Å². The highest BCUT2D eigenvalue weighted by atomic mass is 16.5. The molecule has 1 aromatic heterocycles. The van der Waals surface area contributed by atoms with Crippen LogP contribution >= 0.6 is 0 Å². The third kappa shape index (κ3) is 2.67. The van der Waals surface area contributed by atoms with Gasteiger partial charge in [-0.25, -0.2) is 0 Å². The molecule has 3 rings (SSSR count). The average Bonchev–Trinajstić information content (AvgIpc) is 3.00. The molecule has 0 radical (unpaired) electrons. The van der Waals surface area contributed by atoms with Crippen molar-refractivity contribution in [1.29, 1.82) is 0 Å². The minimum absolute atomic E-state index is 0.0837. The summed E-state index contributed by atoms with van der Waals surface area (Å²) in [6.07, 6.45) is 2.03. The predicted octanol–water partition coefficient (Wildman–Crippen LogP) is 3.66. The van der Waals surface area contributed by atoms with E-state index in [0.717, 1.165) is 34.6 Å². The van der Waals surface area contributed by atoms with Crippen molar-refractivity contribution in [2.75, 3.05) is 25.2 Å². The zero-order valence-corrected chi connectivity index (χ0v) is 14.8. The number of hydrogen-bond acceptors (Lipinski definition) is 2. The summed E-state index contributed by atoms with van der Waals surface area (Å²) in [5.74, 6) is 0.0837. The standard InChI is InChI=1S/C20H24N2O2/c1-5-21-19-9-7-6-8-17(19)18(20(21)23)13-16-12-14(2)22(15(16)3)10-11-24-4/h6-9,12-13H,5,10-11H2,1-4H3/b18-13+. The van der Waals surface area contributed by atoms with E-state index in [4.69, 9.17) is 4.74 Å². The van der Waals surface area contributed by atoms with Gasteiger partial charge in [-0.3, -0.25) is 4.79 Å². The van der Waals surface area contributed by atoms with E-state index in [1.165, 1.54) is 5.69 Å². The fourth-order valence-electron chi connectivity index (χ4n) is 3.42. The highest BCUT2D eigenvalue weighted by Gasteiger charge is 2.31. The van der Waals surface area contributed by atoms with Gasteiger partial charge in [-0.1, -0.05) is 18.2 Å². The molecule has 0 atom stereocenters. The van der Waals surface area contributed by atoms with E-state index >= 15 is 0 Å². The van der Waals surface area contributed by atoms with Crippen LogP contribution in [-0.4, -0.2) is 30.7 Å². The number of methoxy groups -OCH3 is 1. The molecule has 4 heteroatoms. The van der Waals surface area contributed by atoms with E-state index < -0.39 is 0 Å². The van der Waals surface area contributed by atoms with Crippen LogP contribution < -0.4 is 4.90 Å². The molecule has 0 saturated heterocycles. The quantitative estimate of drug-likeness (QED) is 0.787. The highest BCUT2D eigenvalue weighted by Crippen LogP contribution is 2.37. The lowest BCUT2D eigenvalue weighted by molar-refractivity contribution is -0.112. The van der Waals surface area contributed by atoms with Crippen LogP contribution in [0, 0.1) is 13.8 Å². The summed E-state index contributed by atoms with van der Waals surface area (Å²) in [5.41, 5.74) is 6.24. The van der Waals surface area contributed by atoms with E-state index in [-0.39, 0.29) is 5.91 Å². The number of rotatable bonds is 5.